The van der Waals surface area contributed by atoms with Crippen LogP contribution >= 0.6 is 0 Å². The fourth-order valence-electron chi connectivity index (χ4n) is 5.78. The molecule has 2 N–H and O–H groups in total. The first-order valence-corrected chi connectivity index (χ1v) is 11.9. The summed E-state index contributed by atoms with van der Waals surface area (Å²) in [6.07, 6.45) is 9.24. The molecule has 1 aromatic heterocycles. The lowest BCUT2D eigenvalue weighted by Crippen LogP contribution is -2.38. The van der Waals surface area contributed by atoms with Crippen molar-refractivity contribution in [2.45, 2.75) is 56.4 Å². The van der Waals surface area contributed by atoms with E-state index in [0.717, 1.165) is 70.1 Å². The van der Waals surface area contributed by atoms with Gasteiger partial charge >= 0.3 is 0 Å². The summed E-state index contributed by atoms with van der Waals surface area (Å²) in [6.45, 7) is 3.14. The average molecular weight is 434 g/mol. The van der Waals surface area contributed by atoms with Crippen molar-refractivity contribution in [2.75, 3.05) is 19.6 Å². The van der Waals surface area contributed by atoms with E-state index >= 15 is 0 Å². The monoisotopic (exact) mass is 433 g/mol. The van der Waals surface area contributed by atoms with E-state index < -0.39 is 5.41 Å². The van der Waals surface area contributed by atoms with Crippen LogP contribution in [0.5, 0.6) is 0 Å². The summed E-state index contributed by atoms with van der Waals surface area (Å²) in [5.41, 5.74) is 8.89. The Hall–Kier alpha value is -2.66. The van der Waals surface area contributed by atoms with Gasteiger partial charge in [-0.3, -0.25) is 4.79 Å². The summed E-state index contributed by atoms with van der Waals surface area (Å²) < 4.78 is 15.5. The molecule has 1 amide bonds. The third-order valence-corrected chi connectivity index (χ3v) is 7.79. The zero-order chi connectivity index (χ0) is 22.1. The maximum atomic E-state index is 13.1. The number of nitrogens with zero attached hydrogens (tertiary/aromatic N) is 2. The quantitative estimate of drug-likeness (QED) is 0.598. The minimum atomic E-state index is -0.493. The molecule has 0 bridgehead atoms. The summed E-state index contributed by atoms with van der Waals surface area (Å²) >= 11 is 0. The molecule has 2 fully saturated rings. The number of piperidine rings is 1. The number of primary amides is 1. The molecular formula is C27H32FN3O. The molecule has 4 nitrogen and oxygen atoms in total. The number of benzene rings is 2. The van der Waals surface area contributed by atoms with Crippen LogP contribution in [0.3, 0.4) is 0 Å². The van der Waals surface area contributed by atoms with Crippen molar-refractivity contribution >= 4 is 16.8 Å². The van der Waals surface area contributed by atoms with Crippen LogP contribution in [0, 0.1) is 5.82 Å². The van der Waals surface area contributed by atoms with Crippen LogP contribution in [0.25, 0.3) is 10.9 Å². The van der Waals surface area contributed by atoms with Gasteiger partial charge in [0, 0.05) is 37.4 Å². The van der Waals surface area contributed by atoms with Gasteiger partial charge in [0.2, 0.25) is 5.91 Å². The highest BCUT2D eigenvalue weighted by atomic mass is 19.1. The van der Waals surface area contributed by atoms with Gasteiger partial charge in [-0.15, -0.1) is 0 Å². The van der Waals surface area contributed by atoms with E-state index in [1.807, 2.05) is 12.1 Å². The number of halogens is 1. The first kappa shape index (κ1) is 21.2. The van der Waals surface area contributed by atoms with E-state index in [1.165, 1.54) is 16.5 Å². The van der Waals surface area contributed by atoms with Crippen molar-refractivity contribution in [1.29, 1.82) is 0 Å². The van der Waals surface area contributed by atoms with Crippen molar-refractivity contribution in [3.63, 3.8) is 0 Å². The van der Waals surface area contributed by atoms with Crippen LogP contribution in [-0.2, 0) is 16.6 Å². The van der Waals surface area contributed by atoms with Gasteiger partial charge < -0.3 is 15.2 Å². The third kappa shape index (κ3) is 3.95. The molecule has 0 unspecified atom stereocenters. The highest BCUT2D eigenvalue weighted by Gasteiger charge is 2.41. The Bertz CT molecular complexity index is 1090. The van der Waals surface area contributed by atoms with Gasteiger partial charge in [0.25, 0.3) is 0 Å². The van der Waals surface area contributed by atoms with Crippen molar-refractivity contribution in [1.82, 2.24) is 9.47 Å². The van der Waals surface area contributed by atoms with Gasteiger partial charge in [-0.25, -0.2) is 4.39 Å². The number of hydrogen-bond donors (Lipinski definition) is 1. The van der Waals surface area contributed by atoms with Crippen LogP contribution in [0.4, 0.5) is 4.39 Å². The SMILES string of the molecule is NC(=O)C1(c2ccc3ccn(C4CCN(CCc5ccc(F)cc5)CC4)c3c2)CCCC1. The molecule has 0 spiro atoms. The molecule has 1 aliphatic carbocycles. The summed E-state index contributed by atoms with van der Waals surface area (Å²) in [6, 6.07) is 16.0. The Morgan fingerprint density at radius 1 is 1.03 bits per heavy atom. The standard InChI is InChI=1S/C27H32FN3O/c28-23-7-3-20(4-8-23)9-15-30-16-11-24(12-17-30)31-18-10-21-5-6-22(19-25(21)31)27(26(29)32)13-1-2-14-27/h3-8,10,18-19,24H,1-2,9,11-17H2,(H2,29,32). The number of hydrogen-bond acceptors (Lipinski definition) is 2. The lowest BCUT2D eigenvalue weighted by Gasteiger charge is -2.33. The maximum Gasteiger partial charge on any atom is 0.228 e. The molecule has 2 aliphatic rings. The molecule has 3 aromatic rings. The normalized spacial score (nSPS) is 19.5. The maximum absolute atomic E-state index is 13.1. The molecule has 0 atom stereocenters. The number of nitrogens with two attached hydrogens (primary N) is 1. The van der Waals surface area contributed by atoms with Crippen molar-refractivity contribution < 1.29 is 9.18 Å². The van der Waals surface area contributed by atoms with Crippen LogP contribution in [-0.4, -0.2) is 35.0 Å². The van der Waals surface area contributed by atoms with Gasteiger partial charge in [0.15, 0.2) is 0 Å². The van der Waals surface area contributed by atoms with Gasteiger partial charge in [0.05, 0.1) is 5.41 Å². The molecular weight excluding hydrogens is 401 g/mol. The summed E-state index contributed by atoms with van der Waals surface area (Å²) in [5.74, 6) is -0.353. The van der Waals surface area contributed by atoms with Crippen LogP contribution in [0.1, 0.15) is 55.7 Å². The fraction of sp³-hybridized carbons (Fsp3) is 0.444. The zero-order valence-electron chi connectivity index (χ0n) is 18.6. The van der Waals surface area contributed by atoms with E-state index in [0.29, 0.717) is 6.04 Å². The summed E-state index contributed by atoms with van der Waals surface area (Å²) in [7, 11) is 0. The first-order valence-electron chi connectivity index (χ1n) is 11.9. The lowest BCUT2D eigenvalue weighted by atomic mass is 9.78. The van der Waals surface area contributed by atoms with E-state index in [4.69, 9.17) is 5.73 Å². The highest BCUT2D eigenvalue weighted by molar-refractivity contribution is 5.89. The molecule has 5 rings (SSSR count). The second kappa shape index (κ2) is 8.70. The minimum absolute atomic E-state index is 0.175. The fourth-order valence-corrected chi connectivity index (χ4v) is 5.78. The molecule has 1 saturated carbocycles. The van der Waals surface area contributed by atoms with E-state index in [9.17, 15) is 9.18 Å². The largest absolute Gasteiger partial charge is 0.369 e. The molecule has 0 radical (unpaired) electrons. The Kier molecular flexibility index (Phi) is 5.76. The zero-order valence-corrected chi connectivity index (χ0v) is 18.6. The molecule has 2 heterocycles. The van der Waals surface area contributed by atoms with E-state index in [2.05, 4.69) is 39.9 Å². The number of rotatable bonds is 6. The molecule has 168 valence electrons. The number of carbonyl (C=O) groups is 1. The predicted molar refractivity (Wildman–Crippen MR) is 126 cm³/mol. The van der Waals surface area contributed by atoms with Crippen molar-refractivity contribution in [2.24, 2.45) is 5.73 Å². The summed E-state index contributed by atoms with van der Waals surface area (Å²) in [4.78, 5) is 14.9. The average Bonchev–Trinajstić information content (AvgIpc) is 3.47. The van der Waals surface area contributed by atoms with Gasteiger partial charge in [-0.1, -0.05) is 37.1 Å². The van der Waals surface area contributed by atoms with Crippen LogP contribution in [0.2, 0.25) is 0 Å². The minimum Gasteiger partial charge on any atom is -0.369 e. The number of aromatic nitrogens is 1. The highest BCUT2D eigenvalue weighted by Crippen LogP contribution is 2.42. The number of likely N-dealkylation sites (tertiary alicyclic amines) is 1. The second-order valence-electron chi connectivity index (χ2n) is 9.60. The van der Waals surface area contributed by atoms with E-state index in [-0.39, 0.29) is 11.7 Å². The topological polar surface area (TPSA) is 51.3 Å². The van der Waals surface area contributed by atoms with Gasteiger partial charge in [-0.05, 0) is 72.9 Å². The van der Waals surface area contributed by atoms with Crippen molar-refractivity contribution in [3.05, 3.63) is 71.7 Å². The van der Waals surface area contributed by atoms with Crippen molar-refractivity contribution in [3.8, 4) is 0 Å². The predicted octanol–water partition coefficient (Wildman–Crippen LogP) is 4.96. The lowest BCUT2D eigenvalue weighted by molar-refractivity contribution is -0.123. The van der Waals surface area contributed by atoms with E-state index in [1.54, 1.807) is 12.1 Å². The Balaban J connectivity index is 1.28. The molecule has 2 aromatic carbocycles. The van der Waals surface area contributed by atoms with Gasteiger partial charge in [0.1, 0.15) is 5.82 Å². The number of amides is 1. The Morgan fingerprint density at radius 3 is 2.44 bits per heavy atom. The molecule has 1 saturated heterocycles. The van der Waals surface area contributed by atoms with Gasteiger partial charge in [-0.2, -0.15) is 0 Å². The molecule has 1 aliphatic heterocycles. The summed E-state index contributed by atoms with van der Waals surface area (Å²) in [5, 5.41) is 1.23. The smallest absolute Gasteiger partial charge is 0.228 e. The van der Waals surface area contributed by atoms with Crippen LogP contribution in [0.15, 0.2) is 54.7 Å². The Labute approximate surface area is 189 Å². The first-order chi connectivity index (χ1) is 15.5. The Morgan fingerprint density at radius 2 is 1.75 bits per heavy atom. The molecule has 32 heavy (non-hydrogen) atoms. The third-order valence-electron chi connectivity index (χ3n) is 7.79. The van der Waals surface area contributed by atoms with Crippen LogP contribution < -0.4 is 5.73 Å². The second-order valence-corrected chi connectivity index (χ2v) is 9.60. The number of fused-ring (bicyclic) bond motifs is 1. The molecule has 5 heteroatoms. The number of carbonyl (C=O) groups excluding carboxylic acids is 1.